The Bertz CT molecular complexity index is 578. The normalized spacial score (nSPS) is 27.5. The number of rotatable bonds is 3. The summed E-state index contributed by atoms with van der Waals surface area (Å²) in [7, 11) is 1.71. The Labute approximate surface area is 129 Å². The predicted octanol–water partition coefficient (Wildman–Crippen LogP) is 2.70. The zero-order valence-electron chi connectivity index (χ0n) is 12.9. The molecule has 0 radical (unpaired) electrons. The molecular formula is C17H22F2N2O. The van der Waals surface area contributed by atoms with Gasteiger partial charge in [0.1, 0.15) is 11.6 Å². The number of fused-ring (bicyclic) bond motifs is 1. The summed E-state index contributed by atoms with van der Waals surface area (Å²) in [6, 6.07) is 3.51. The summed E-state index contributed by atoms with van der Waals surface area (Å²) in [5.74, 6) is -0.719. The predicted molar refractivity (Wildman–Crippen MR) is 80.1 cm³/mol. The van der Waals surface area contributed by atoms with Crippen molar-refractivity contribution >= 4 is 5.91 Å². The Morgan fingerprint density at radius 1 is 1.41 bits per heavy atom. The van der Waals surface area contributed by atoms with Crippen LogP contribution in [0.2, 0.25) is 0 Å². The maximum Gasteiger partial charge on any atom is 0.230 e. The van der Waals surface area contributed by atoms with Crippen molar-refractivity contribution < 1.29 is 13.6 Å². The van der Waals surface area contributed by atoms with Crippen molar-refractivity contribution in [2.75, 3.05) is 20.1 Å². The molecule has 3 rings (SSSR count). The molecule has 2 atom stereocenters. The number of hydrogen-bond donors (Lipinski definition) is 1. The molecule has 5 heteroatoms. The molecule has 1 aromatic carbocycles. The number of hydrogen-bond acceptors (Lipinski definition) is 2. The van der Waals surface area contributed by atoms with Crippen LogP contribution >= 0.6 is 0 Å². The van der Waals surface area contributed by atoms with Gasteiger partial charge in [-0.1, -0.05) is 18.9 Å². The second kappa shape index (κ2) is 5.95. The lowest BCUT2D eigenvalue weighted by atomic mass is 9.67. The molecule has 0 unspecified atom stereocenters. The van der Waals surface area contributed by atoms with E-state index < -0.39 is 11.6 Å². The first-order valence-electron chi connectivity index (χ1n) is 7.93. The van der Waals surface area contributed by atoms with Crippen LogP contribution in [0.25, 0.3) is 0 Å². The minimum absolute atomic E-state index is 0.0888. The van der Waals surface area contributed by atoms with Gasteiger partial charge in [0.15, 0.2) is 0 Å². The summed E-state index contributed by atoms with van der Waals surface area (Å²) in [4.78, 5) is 14.6. The highest BCUT2D eigenvalue weighted by molar-refractivity contribution is 5.83. The standard InChI is InChI=1S/C17H22F2N2O/c1-21(10-12-5-6-14(18)8-15(12)19)16(22)17-7-3-2-4-13(17)9-20-11-17/h5-6,8,13,20H,2-4,7,9-11H2,1H3/t13-,17+/m0/s1. The lowest BCUT2D eigenvalue weighted by Crippen LogP contribution is -2.48. The highest BCUT2D eigenvalue weighted by Crippen LogP contribution is 2.45. The van der Waals surface area contributed by atoms with E-state index in [1.165, 1.54) is 18.6 Å². The molecule has 2 fully saturated rings. The molecule has 1 saturated heterocycles. The molecule has 1 aliphatic heterocycles. The topological polar surface area (TPSA) is 32.3 Å². The van der Waals surface area contributed by atoms with Crippen molar-refractivity contribution in [2.24, 2.45) is 11.3 Å². The van der Waals surface area contributed by atoms with Crippen molar-refractivity contribution in [3.05, 3.63) is 35.4 Å². The van der Waals surface area contributed by atoms with E-state index in [9.17, 15) is 13.6 Å². The van der Waals surface area contributed by atoms with Crippen molar-refractivity contribution in [1.29, 1.82) is 0 Å². The number of halogens is 2. The molecule has 0 bridgehead atoms. The quantitative estimate of drug-likeness (QED) is 0.931. The van der Waals surface area contributed by atoms with Gasteiger partial charge in [0.25, 0.3) is 0 Å². The molecule has 1 amide bonds. The highest BCUT2D eigenvalue weighted by Gasteiger charge is 2.50. The minimum Gasteiger partial charge on any atom is -0.341 e. The van der Waals surface area contributed by atoms with Crippen LogP contribution in [0.3, 0.4) is 0 Å². The van der Waals surface area contributed by atoms with Crippen LogP contribution in [0.1, 0.15) is 31.2 Å². The molecule has 1 heterocycles. The molecule has 0 aromatic heterocycles. The van der Waals surface area contributed by atoms with E-state index in [1.807, 2.05) is 0 Å². The smallest absolute Gasteiger partial charge is 0.230 e. The Kier molecular flexibility index (Phi) is 4.17. The summed E-state index contributed by atoms with van der Waals surface area (Å²) < 4.78 is 26.8. The van der Waals surface area contributed by atoms with Crippen LogP contribution in [0, 0.1) is 23.0 Å². The van der Waals surface area contributed by atoms with Crippen molar-refractivity contribution in [3.8, 4) is 0 Å². The Morgan fingerprint density at radius 2 is 2.23 bits per heavy atom. The monoisotopic (exact) mass is 308 g/mol. The maximum absolute atomic E-state index is 13.8. The third-order valence-electron chi connectivity index (χ3n) is 5.23. The van der Waals surface area contributed by atoms with Gasteiger partial charge in [-0.3, -0.25) is 4.79 Å². The van der Waals surface area contributed by atoms with Gasteiger partial charge in [-0.05, 0) is 31.4 Å². The lowest BCUT2D eigenvalue weighted by molar-refractivity contribution is -0.144. The average molecular weight is 308 g/mol. The number of amides is 1. The highest BCUT2D eigenvalue weighted by atomic mass is 19.1. The van der Waals surface area contributed by atoms with Crippen LogP contribution in [0.5, 0.6) is 0 Å². The van der Waals surface area contributed by atoms with Crippen molar-refractivity contribution in [2.45, 2.75) is 32.2 Å². The molecule has 0 spiro atoms. The number of nitrogens with zero attached hydrogens (tertiary/aromatic N) is 1. The SMILES string of the molecule is CN(Cc1ccc(F)cc1F)C(=O)[C@@]12CCCC[C@H]1CNC2. The lowest BCUT2D eigenvalue weighted by Gasteiger charge is -2.39. The first kappa shape index (κ1) is 15.4. The molecule has 1 aromatic rings. The summed E-state index contributed by atoms with van der Waals surface area (Å²) in [5, 5.41) is 3.35. The molecule has 120 valence electrons. The molecule has 3 nitrogen and oxygen atoms in total. The van der Waals surface area contributed by atoms with Crippen LogP contribution in [-0.2, 0) is 11.3 Å². The van der Waals surface area contributed by atoms with E-state index in [4.69, 9.17) is 0 Å². The van der Waals surface area contributed by atoms with E-state index in [0.717, 1.165) is 31.9 Å². The zero-order chi connectivity index (χ0) is 15.7. The van der Waals surface area contributed by atoms with Gasteiger partial charge in [-0.25, -0.2) is 8.78 Å². The molecule has 2 aliphatic rings. The average Bonchev–Trinajstić information content (AvgIpc) is 2.94. The van der Waals surface area contributed by atoms with E-state index in [1.54, 1.807) is 11.9 Å². The van der Waals surface area contributed by atoms with Crippen LogP contribution in [-0.4, -0.2) is 30.9 Å². The first-order valence-corrected chi connectivity index (χ1v) is 7.93. The molecule has 22 heavy (non-hydrogen) atoms. The van der Waals surface area contributed by atoms with E-state index >= 15 is 0 Å². The summed E-state index contributed by atoms with van der Waals surface area (Å²) in [6.07, 6.45) is 4.23. The van der Waals surface area contributed by atoms with Crippen LogP contribution < -0.4 is 5.32 Å². The largest absolute Gasteiger partial charge is 0.341 e. The van der Waals surface area contributed by atoms with Gasteiger partial charge in [-0.2, -0.15) is 0 Å². The van der Waals surface area contributed by atoms with Gasteiger partial charge in [0, 0.05) is 31.8 Å². The molecule has 1 saturated carbocycles. The van der Waals surface area contributed by atoms with E-state index in [2.05, 4.69) is 5.32 Å². The van der Waals surface area contributed by atoms with Crippen LogP contribution in [0.15, 0.2) is 18.2 Å². The van der Waals surface area contributed by atoms with E-state index in [-0.39, 0.29) is 17.9 Å². The zero-order valence-corrected chi connectivity index (χ0v) is 12.9. The fourth-order valence-electron chi connectivity index (χ4n) is 4.03. The molecular weight excluding hydrogens is 286 g/mol. The van der Waals surface area contributed by atoms with Crippen LogP contribution in [0.4, 0.5) is 8.78 Å². The van der Waals surface area contributed by atoms with Gasteiger partial charge in [0.05, 0.1) is 5.41 Å². The van der Waals surface area contributed by atoms with Gasteiger partial charge in [0.2, 0.25) is 5.91 Å². The third kappa shape index (κ3) is 2.62. The van der Waals surface area contributed by atoms with E-state index in [0.29, 0.717) is 18.0 Å². The summed E-state index contributed by atoms with van der Waals surface area (Å²) >= 11 is 0. The second-order valence-corrected chi connectivity index (χ2v) is 6.63. The molecule has 1 aliphatic carbocycles. The minimum atomic E-state index is -0.596. The Morgan fingerprint density at radius 3 is 3.00 bits per heavy atom. The third-order valence-corrected chi connectivity index (χ3v) is 5.23. The number of carbonyl (C=O) groups is 1. The van der Waals surface area contributed by atoms with Gasteiger partial charge >= 0.3 is 0 Å². The Balaban J connectivity index is 1.76. The maximum atomic E-state index is 13.8. The summed E-state index contributed by atoms with van der Waals surface area (Å²) in [6.45, 7) is 1.79. The number of nitrogens with one attached hydrogen (secondary N) is 1. The first-order chi connectivity index (χ1) is 10.5. The molecule has 1 N–H and O–H groups in total. The second-order valence-electron chi connectivity index (χ2n) is 6.63. The fraction of sp³-hybridized carbons (Fsp3) is 0.588. The number of carbonyl (C=O) groups excluding carboxylic acids is 1. The summed E-state index contributed by atoms with van der Waals surface area (Å²) in [5.41, 5.74) is 0.0238. The Hall–Kier alpha value is -1.49. The van der Waals surface area contributed by atoms with Gasteiger partial charge in [-0.15, -0.1) is 0 Å². The van der Waals surface area contributed by atoms with Crippen molar-refractivity contribution in [3.63, 3.8) is 0 Å². The fourth-order valence-corrected chi connectivity index (χ4v) is 4.03. The number of benzene rings is 1. The van der Waals surface area contributed by atoms with Crippen molar-refractivity contribution in [1.82, 2.24) is 10.2 Å². The van der Waals surface area contributed by atoms with Gasteiger partial charge < -0.3 is 10.2 Å².